The standard InChI is InChI=1S/C17H21FN2O/c1-10(8-15-11(2)20-21-12(15)3)19-17-7-5-13-4-6-14(18)9-16(13)17/h4,6,9-10,17,19H,5,7-8H2,1-3H3/t10-,17+/m0/s1. The molecule has 0 aliphatic heterocycles. The fourth-order valence-corrected chi connectivity index (χ4v) is 3.25. The van der Waals surface area contributed by atoms with Crippen LogP contribution in [0.3, 0.4) is 0 Å². The number of nitrogens with one attached hydrogen (secondary N) is 1. The Balaban J connectivity index is 1.70. The van der Waals surface area contributed by atoms with Gasteiger partial charge in [0.05, 0.1) is 5.69 Å². The van der Waals surface area contributed by atoms with Gasteiger partial charge in [-0.2, -0.15) is 0 Å². The van der Waals surface area contributed by atoms with E-state index in [9.17, 15) is 4.39 Å². The van der Waals surface area contributed by atoms with E-state index < -0.39 is 0 Å². The predicted molar refractivity (Wildman–Crippen MR) is 79.7 cm³/mol. The third kappa shape index (κ3) is 2.86. The summed E-state index contributed by atoms with van der Waals surface area (Å²) in [5.74, 6) is 0.736. The topological polar surface area (TPSA) is 38.1 Å². The molecular formula is C17H21FN2O. The first kappa shape index (κ1) is 14.3. The lowest BCUT2D eigenvalue weighted by Gasteiger charge is -2.20. The summed E-state index contributed by atoms with van der Waals surface area (Å²) < 4.78 is 18.6. The van der Waals surface area contributed by atoms with Crippen LogP contribution in [0.2, 0.25) is 0 Å². The zero-order valence-corrected chi connectivity index (χ0v) is 12.7. The summed E-state index contributed by atoms with van der Waals surface area (Å²) in [4.78, 5) is 0. The Labute approximate surface area is 124 Å². The van der Waals surface area contributed by atoms with Crippen molar-refractivity contribution in [3.63, 3.8) is 0 Å². The summed E-state index contributed by atoms with van der Waals surface area (Å²) in [6, 6.07) is 5.66. The van der Waals surface area contributed by atoms with Gasteiger partial charge in [0.2, 0.25) is 0 Å². The van der Waals surface area contributed by atoms with Gasteiger partial charge in [-0.25, -0.2) is 4.39 Å². The number of hydrogen-bond acceptors (Lipinski definition) is 3. The molecule has 0 amide bonds. The maximum absolute atomic E-state index is 13.4. The molecule has 1 aromatic carbocycles. The first-order chi connectivity index (χ1) is 10.0. The molecule has 1 aliphatic rings. The minimum atomic E-state index is -0.152. The molecule has 0 fully saturated rings. The van der Waals surface area contributed by atoms with Crippen molar-refractivity contribution >= 4 is 0 Å². The molecule has 1 aromatic heterocycles. The van der Waals surface area contributed by atoms with E-state index in [2.05, 4.69) is 17.4 Å². The number of halogens is 1. The van der Waals surface area contributed by atoms with Crippen molar-refractivity contribution < 1.29 is 8.91 Å². The fourth-order valence-electron chi connectivity index (χ4n) is 3.25. The Morgan fingerprint density at radius 3 is 2.95 bits per heavy atom. The summed E-state index contributed by atoms with van der Waals surface area (Å²) in [7, 11) is 0. The maximum atomic E-state index is 13.4. The third-order valence-electron chi connectivity index (χ3n) is 4.36. The van der Waals surface area contributed by atoms with Gasteiger partial charge < -0.3 is 9.84 Å². The van der Waals surface area contributed by atoms with Gasteiger partial charge in [-0.1, -0.05) is 11.2 Å². The number of nitrogens with zero attached hydrogens (tertiary/aromatic N) is 1. The van der Waals surface area contributed by atoms with E-state index in [1.807, 2.05) is 19.9 Å². The summed E-state index contributed by atoms with van der Waals surface area (Å²) in [6.45, 7) is 6.07. The molecule has 1 N–H and O–H groups in total. The number of fused-ring (bicyclic) bond motifs is 1. The second-order valence-corrected chi connectivity index (χ2v) is 6.01. The summed E-state index contributed by atoms with van der Waals surface area (Å²) >= 11 is 0. The third-order valence-corrected chi connectivity index (χ3v) is 4.36. The van der Waals surface area contributed by atoms with Crippen LogP contribution in [0.1, 0.15) is 47.5 Å². The van der Waals surface area contributed by atoms with E-state index in [1.54, 1.807) is 12.1 Å². The molecule has 2 atom stereocenters. The molecule has 0 saturated carbocycles. The molecule has 0 bridgehead atoms. The van der Waals surface area contributed by atoms with Gasteiger partial charge in [-0.05, 0) is 63.3 Å². The van der Waals surface area contributed by atoms with Gasteiger partial charge in [0, 0.05) is 17.6 Å². The van der Waals surface area contributed by atoms with Gasteiger partial charge in [0.25, 0.3) is 0 Å². The van der Waals surface area contributed by atoms with E-state index in [4.69, 9.17) is 4.52 Å². The van der Waals surface area contributed by atoms with E-state index in [-0.39, 0.29) is 11.9 Å². The van der Waals surface area contributed by atoms with Crippen LogP contribution in [0.25, 0.3) is 0 Å². The Morgan fingerprint density at radius 2 is 2.24 bits per heavy atom. The Bertz CT molecular complexity index is 631. The van der Waals surface area contributed by atoms with Crippen LogP contribution in [0.15, 0.2) is 22.7 Å². The molecule has 0 unspecified atom stereocenters. The molecule has 0 spiro atoms. The fraction of sp³-hybridized carbons (Fsp3) is 0.471. The van der Waals surface area contributed by atoms with Gasteiger partial charge in [0.15, 0.2) is 0 Å². The number of rotatable bonds is 4. The number of aromatic nitrogens is 1. The lowest BCUT2D eigenvalue weighted by molar-refractivity contribution is 0.390. The predicted octanol–water partition coefficient (Wildman–Crippen LogP) is 3.64. The molecule has 4 heteroatoms. The smallest absolute Gasteiger partial charge is 0.137 e. The molecule has 3 rings (SSSR count). The lowest BCUT2D eigenvalue weighted by atomic mass is 10.0. The van der Waals surface area contributed by atoms with Crippen LogP contribution in [0, 0.1) is 19.7 Å². The van der Waals surface area contributed by atoms with Crippen LogP contribution in [-0.4, -0.2) is 11.2 Å². The number of aryl methyl sites for hydroxylation is 3. The second kappa shape index (κ2) is 5.60. The normalized spacial score (nSPS) is 18.8. The average Bonchev–Trinajstić information content (AvgIpc) is 2.97. The van der Waals surface area contributed by atoms with Crippen molar-refractivity contribution in [2.45, 2.75) is 52.1 Å². The van der Waals surface area contributed by atoms with Crippen LogP contribution in [-0.2, 0) is 12.8 Å². The van der Waals surface area contributed by atoms with Crippen molar-refractivity contribution in [3.05, 3.63) is 52.2 Å². The summed E-state index contributed by atoms with van der Waals surface area (Å²) in [5, 5.41) is 7.62. The highest BCUT2D eigenvalue weighted by Gasteiger charge is 2.24. The largest absolute Gasteiger partial charge is 0.361 e. The monoisotopic (exact) mass is 288 g/mol. The molecule has 2 aromatic rings. The zero-order chi connectivity index (χ0) is 15.0. The average molecular weight is 288 g/mol. The zero-order valence-electron chi connectivity index (χ0n) is 12.7. The number of hydrogen-bond donors (Lipinski definition) is 1. The van der Waals surface area contributed by atoms with E-state index in [0.717, 1.165) is 36.3 Å². The van der Waals surface area contributed by atoms with Crippen molar-refractivity contribution in [3.8, 4) is 0 Å². The van der Waals surface area contributed by atoms with Gasteiger partial charge >= 0.3 is 0 Å². The highest BCUT2D eigenvalue weighted by atomic mass is 19.1. The highest BCUT2D eigenvalue weighted by molar-refractivity contribution is 5.35. The molecule has 1 aliphatic carbocycles. The molecule has 1 heterocycles. The van der Waals surface area contributed by atoms with E-state index in [0.29, 0.717) is 6.04 Å². The molecule has 21 heavy (non-hydrogen) atoms. The molecule has 0 saturated heterocycles. The summed E-state index contributed by atoms with van der Waals surface area (Å²) in [6.07, 6.45) is 2.93. The van der Waals surface area contributed by atoms with Crippen LogP contribution in [0.4, 0.5) is 4.39 Å². The van der Waals surface area contributed by atoms with Crippen LogP contribution in [0.5, 0.6) is 0 Å². The quantitative estimate of drug-likeness (QED) is 0.933. The lowest BCUT2D eigenvalue weighted by Crippen LogP contribution is -2.31. The minimum absolute atomic E-state index is 0.152. The highest BCUT2D eigenvalue weighted by Crippen LogP contribution is 2.32. The maximum Gasteiger partial charge on any atom is 0.137 e. The van der Waals surface area contributed by atoms with Gasteiger partial charge in [-0.3, -0.25) is 0 Å². The first-order valence-corrected chi connectivity index (χ1v) is 7.50. The molecule has 0 radical (unpaired) electrons. The molecule has 3 nitrogen and oxygen atoms in total. The molecular weight excluding hydrogens is 267 g/mol. The summed E-state index contributed by atoms with van der Waals surface area (Å²) in [5.41, 5.74) is 4.51. The van der Waals surface area contributed by atoms with Crippen LogP contribution < -0.4 is 5.32 Å². The molecule has 112 valence electrons. The van der Waals surface area contributed by atoms with Crippen molar-refractivity contribution in [1.29, 1.82) is 0 Å². The van der Waals surface area contributed by atoms with Crippen LogP contribution >= 0.6 is 0 Å². The van der Waals surface area contributed by atoms with Gasteiger partial charge in [0.1, 0.15) is 11.6 Å². The first-order valence-electron chi connectivity index (χ1n) is 7.50. The Morgan fingerprint density at radius 1 is 1.43 bits per heavy atom. The number of benzene rings is 1. The van der Waals surface area contributed by atoms with E-state index in [1.165, 1.54) is 11.1 Å². The Kier molecular flexibility index (Phi) is 3.81. The second-order valence-electron chi connectivity index (χ2n) is 6.01. The SMILES string of the molecule is Cc1noc(C)c1C[C@H](C)N[C@@H]1CCc2ccc(F)cc21. The van der Waals surface area contributed by atoms with Gasteiger partial charge in [-0.15, -0.1) is 0 Å². The Hall–Kier alpha value is -1.68. The minimum Gasteiger partial charge on any atom is -0.361 e. The van der Waals surface area contributed by atoms with E-state index >= 15 is 0 Å². The van der Waals surface area contributed by atoms with Crippen molar-refractivity contribution in [1.82, 2.24) is 10.5 Å². The van der Waals surface area contributed by atoms with Crippen molar-refractivity contribution in [2.75, 3.05) is 0 Å². The van der Waals surface area contributed by atoms with Crippen molar-refractivity contribution in [2.24, 2.45) is 0 Å².